The fourth-order valence-electron chi connectivity index (χ4n) is 2.72. The lowest BCUT2D eigenvalue weighted by atomic mass is 10.1. The Bertz CT molecular complexity index is 1070. The number of nitrogens with zero attached hydrogens (tertiary/aromatic N) is 1. The van der Waals surface area contributed by atoms with Crippen molar-refractivity contribution in [3.05, 3.63) is 59.5 Å². The quantitative estimate of drug-likeness (QED) is 0.440. The number of aromatic amines is 1. The molecule has 2 aromatic carbocycles. The van der Waals surface area contributed by atoms with Crippen LogP contribution in [0.4, 0.5) is 23.2 Å². The highest BCUT2D eigenvalue weighted by Crippen LogP contribution is 2.27. The summed E-state index contributed by atoms with van der Waals surface area (Å²) in [5.41, 5.74) is 0.881. The largest absolute Gasteiger partial charge is 0.494 e. The summed E-state index contributed by atoms with van der Waals surface area (Å²) in [4.78, 5) is 15.1. The second kappa shape index (κ2) is 8.22. The monoisotopic (exact) mass is 405 g/mol. The number of fused-ring (bicyclic) bond motifs is 1. The van der Waals surface area contributed by atoms with Crippen molar-refractivity contribution in [3.8, 4) is 11.8 Å². The van der Waals surface area contributed by atoms with Crippen LogP contribution in [0, 0.1) is 17.1 Å². The molecule has 9 heteroatoms. The van der Waals surface area contributed by atoms with Crippen LogP contribution in [0.2, 0.25) is 0 Å². The van der Waals surface area contributed by atoms with Crippen LogP contribution in [0.3, 0.4) is 0 Å². The van der Waals surface area contributed by atoms with Crippen LogP contribution >= 0.6 is 0 Å². The number of alkyl halides is 3. The van der Waals surface area contributed by atoms with E-state index in [0.717, 1.165) is 6.07 Å². The Morgan fingerprint density at radius 2 is 1.93 bits per heavy atom. The normalized spacial score (nSPS) is 11.3. The fraction of sp³-hybridized carbons (Fsp3) is 0.200. The van der Waals surface area contributed by atoms with Gasteiger partial charge in [0.05, 0.1) is 29.4 Å². The van der Waals surface area contributed by atoms with Gasteiger partial charge in [0.15, 0.2) is 0 Å². The molecule has 0 unspecified atom stereocenters. The van der Waals surface area contributed by atoms with Gasteiger partial charge in [-0.2, -0.15) is 18.4 Å². The molecule has 0 saturated heterocycles. The van der Waals surface area contributed by atoms with Gasteiger partial charge in [-0.1, -0.05) is 0 Å². The first kappa shape index (κ1) is 20.2. The predicted molar refractivity (Wildman–Crippen MR) is 98.2 cm³/mol. The van der Waals surface area contributed by atoms with Gasteiger partial charge in [-0.25, -0.2) is 4.39 Å². The Hall–Kier alpha value is -3.54. The number of anilines is 1. The SMILES string of the molecule is N#Cc1cc(F)c2[nH]cc(NC(=O)c3ccc(OCCCC(F)(F)F)cc3)c2c1. The lowest BCUT2D eigenvalue weighted by molar-refractivity contribution is -0.136. The number of hydrogen-bond donors (Lipinski definition) is 2. The average Bonchev–Trinajstić information content (AvgIpc) is 3.08. The van der Waals surface area contributed by atoms with E-state index in [1.165, 1.54) is 36.5 Å². The van der Waals surface area contributed by atoms with Gasteiger partial charge in [-0.15, -0.1) is 0 Å². The number of halogens is 4. The van der Waals surface area contributed by atoms with Crippen molar-refractivity contribution in [2.24, 2.45) is 0 Å². The molecule has 0 aliphatic rings. The second-order valence-corrected chi connectivity index (χ2v) is 6.24. The Labute approximate surface area is 162 Å². The summed E-state index contributed by atoms with van der Waals surface area (Å²) in [7, 11) is 0. The molecule has 5 nitrogen and oxygen atoms in total. The van der Waals surface area contributed by atoms with Crippen molar-refractivity contribution in [2.45, 2.75) is 19.0 Å². The molecule has 0 radical (unpaired) electrons. The van der Waals surface area contributed by atoms with Crippen LogP contribution in [-0.4, -0.2) is 23.7 Å². The maximum atomic E-state index is 14.0. The Balaban J connectivity index is 1.65. The van der Waals surface area contributed by atoms with Gasteiger partial charge >= 0.3 is 6.18 Å². The molecular formula is C20H15F4N3O2. The standard InChI is InChI=1S/C20H15F4N3O2/c21-16-9-12(10-25)8-15-17(11-26-18(15)16)27-19(28)13-2-4-14(5-3-13)29-7-1-6-20(22,23)24/h2-5,8-9,11,26H,1,6-7H2,(H,27,28). The molecule has 0 bridgehead atoms. The molecule has 0 saturated carbocycles. The van der Waals surface area contributed by atoms with E-state index < -0.39 is 24.3 Å². The van der Waals surface area contributed by atoms with E-state index in [4.69, 9.17) is 10.00 Å². The number of benzene rings is 2. The zero-order valence-electron chi connectivity index (χ0n) is 14.9. The van der Waals surface area contributed by atoms with Crippen molar-refractivity contribution < 1.29 is 27.1 Å². The number of rotatable bonds is 6. The molecule has 0 atom stereocenters. The molecule has 0 spiro atoms. The van der Waals surface area contributed by atoms with E-state index >= 15 is 0 Å². The van der Waals surface area contributed by atoms with Crippen LogP contribution in [0.25, 0.3) is 10.9 Å². The second-order valence-electron chi connectivity index (χ2n) is 6.24. The van der Waals surface area contributed by atoms with Crippen LogP contribution in [0.15, 0.2) is 42.6 Å². The van der Waals surface area contributed by atoms with E-state index in [1.807, 2.05) is 6.07 Å². The summed E-state index contributed by atoms with van der Waals surface area (Å²) in [5.74, 6) is -0.736. The summed E-state index contributed by atoms with van der Waals surface area (Å²) in [5, 5.41) is 12.0. The molecule has 1 amide bonds. The van der Waals surface area contributed by atoms with Crippen LogP contribution in [0.1, 0.15) is 28.8 Å². The van der Waals surface area contributed by atoms with Gasteiger partial charge in [0.25, 0.3) is 5.91 Å². The summed E-state index contributed by atoms with van der Waals surface area (Å²) in [6, 6.07) is 10.3. The molecule has 1 heterocycles. The highest BCUT2D eigenvalue weighted by Gasteiger charge is 2.26. The number of carbonyl (C=O) groups excluding carboxylic acids is 1. The smallest absolute Gasteiger partial charge is 0.389 e. The lowest BCUT2D eigenvalue weighted by Gasteiger charge is -2.09. The first-order chi connectivity index (χ1) is 13.8. The van der Waals surface area contributed by atoms with E-state index in [0.29, 0.717) is 16.8 Å². The minimum atomic E-state index is -4.22. The molecular weight excluding hydrogens is 390 g/mol. The van der Waals surface area contributed by atoms with Crippen molar-refractivity contribution in [3.63, 3.8) is 0 Å². The number of hydrogen-bond acceptors (Lipinski definition) is 3. The summed E-state index contributed by atoms with van der Waals surface area (Å²) in [6.45, 7) is -0.0901. The Morgan fingerprint density at radius 3 is 2.59 bits per heavy atom. The number of nitrogens with one attached hydrogen (secondary N) is 2. The molecule has 150 valence electrons. The molecule has 0 aliphatic carbocycles. The van der Waals surface area contributed by atoms with Crippen molar-refractivity contribution in [1.29, 1.82) is 5.26 Å². The third kappa shape index (κ3) is 5.04. The van der Waals surface area contributed by atoms with E-state index in [1.54, 1.807) is 0 Å². The van der Waals surface area contributed by atoms with E-state index in [2.05, 4.69) is 10.3 Å². The topological polar surface area (TPSA) is 77.9 Å². The van der Waals surface area contributed by atoms with Crippen LogP contribution < -0.4 is 10.1 Å². The molecule has 3 rings (SSSR count). The van der Waals surface area contributed by atoms with Gasteiger partial charge in [-0.05, 0) is 42.8 Å². The number of amides is 1. The summed E-state index contributed by atoms with van der Waals surface area (Å²) in [6.07, 6.45) is -3.88. The summed E-state index contributed by atoms with van der Waals surface area (Å²) < 4.78 is 55.5. The van der Waals surface area contributed by atoms with Crippen molar-refractivity contribution in [2.75, 3.05) is 11.9 Å². The van der Waals surface area contributed by atoms with Crippen molar-refractivity contribution >= 4 is 22.5 Å². The third-order valence-corrected chi connectivity index (χ3v) is 4.11. The highest BCUT2D eigenvalue weighted by molar-refractivity contribution is 6.09. The molecule has 0 fully saturated rings. The predicted octanol–water partition coefficient (Wildman–Crippen LogP) is 5.15. The molecule has 2 N–H and O–H groups in total. The first-order valence-electron chi connectivity index (χ1n) is 8.58. The third-order valence-electron chi connectivity index (χ3n) is 4.11. The van der Waals surface area contributed by atoms with Gasteiger partial charge in [0.1, 0.15) is 11.6 Å². The number of ether oxygens (including phenoxy) is 1. The molecule has 0 aliphatic heterocycles. The Kier molecular flexibility index (Phi) is 5.73. The lowest BCUT2D eigenvalue weighted by Crippen LogP contribution is -2.12. The van der Waals surface area contributed by atoms with Crippen LogP contribution in [-0.2, 0) is 0 Å². The fourth-order valence-corrected chi connectivity index (χ4v) is 2.72. The van der Waals surface area contributed by atoms with Gasteiger partial charge < -0.3 is 15.0 Å². The minimum absolute atomic E-state index is 0.0901. The average molecular weight is 405 g/mol. The van der Waals surface area contributed by atoms with Crippen molar-refractivity contribution in [1.82, 2.24) is 4.98 Å². The maximum Gasteiger partial charge on any atom is 0.389 e. The Morgan fingerprint density at radius 1 is 1.21 bits per heavy atom. The van der Waals surface area contributed by atoms with Gasteiger partial charge in [0, 0.05) is 23.6 Å². The minimum Gasteiger partial charge on any atom is -0.494 e. The molecule has 3 aromatic rings. The number of H-pyrrole nitrogens is 1. The number of nitriles is 1. The van der Waals surface area contributed by atoms with Gasteiger partial charge in [-0.3, -0.25) is 4.79 Å². The van der Waals surface area contributed by atoms with Crippen LogP contribution in [0.5, 0.6) is 5.75 Å². The van der Waals surface area contributed by atoms with E-state index in [-0.39, 0.29) is 29.7 Å². The van der Waals surface area contributed by atoms with E-state index in [9.17, 15) is 22.4 Å². The number of carbonyl (C=O) groups is 1. The zero-order chi connectivity index (χ0) is 21.0. The highest BCUT2D eigenvalue weighted by atomic mass is 19.4. The molecule has 29 heavy (non-hydrogen) atoms. The van der Waals surface area contributed by atoms with Gasteiger partial charge in [0.2, 0.25) is 0 Å². The summed E-state index contributed by atoms with van der Waals surface area (Å²) >= 11 is 0. The molecule has 1 aromatic heterocycles. The first-order valence-corrected chi connectivity index (χ1v) is 8.58. The maximum absolute atomic E-state index is 14.0. The zero-order valence-corrected chi connectivity index (χ0v) is 14.9. The number of aromatic nitrogens is 1.